The topological polar surface area (TPSA) is 9.23 Å². The molecule has 0 heterocycles. The Hall–Kier alpha value is -1.30. The van der Waals surface area contributed by atoms with Gasteiger partial charge in [-0.25, -0.2) is 0 Å². The monoisotopic (exact) mass is 452 g/mol. The van der Waals surface area contributed by atoms with Crippen LogP contribution in [0.1, 0.15) is 18.9 Å². The average molecular weight is 453 g/mol. The van der Waals surface area contributed by atoms with Gasteiger partial charge < -0.3 is 4.74 Å². The zero-order chi connectivity index (χ0) is 22.4. The molecule has 0 aromatic heterocycles. The van der Waals surface area contributed by atoms with Crippen LogP contribution >= 0.6 is 11.6 Å². The first-order valence-corrected chi connectivity index (χ1v) is 7.54. The lowest BCUT2D eigenvalue weighted by Crippen LogP contribution is -2.67. The Morgan fingerprint density at radius 3 is 1.54 bits per heavy atom. The Morgan fingerprint density at radius 1 is 0.750 bits per heavy atom. The van der Waals surface area contributed by atoms with Crippen molar-refractivity contribution in [2.75, 3.05) is 7.11 Å². The minimum Gasteiger partial charge on any atom is -0.374 e. The number of rotatable bonds is 7. The number of alkyl halides is 11. The highest BCUT2D eigenvalue weighted by molar-refractivity contribution is 6.30. The summed E-state index contributed by atoms with van der Waals surface area (Å²) in [5.74, 6) is -28.0. The van der Waals surface area contributed by atoms with Crippen LogP contribution in [0.2, 0.25) is 5.02 Å². The number of hydrogen-bond donors (Lipinski definition) is 0. The highest BCUT2D eigenvalue weighted by Gasteiger charge is 2.87. The SMILES string of the molecule is COC(C)(CC(F)(F)C(F)(F)C(F)(F)C(F)(F)C(F)(F)F)c1ccc(Cl)cc1. The summed E-state index contributed by atoms with van der Waals surface area (Å²) in [4.78, 5) is 0. The highest BCUT2D eigenvalue weighted by Crippen LogP contribution is 2.59. The van der Waals surface area contributed by atoms with Crippen molar-refractivity contribution in [1.82, 2.24) is 0 Å². The van der Waals surface area contributed by atoms with Gasteiger partial charge in [-0.05, 0) is 24.6 Å². The van der Waals surface area contributed by atoms with Crippen LogP contribution in [-0.4, -0.2) is 37.0 Å². The molecule has 13 heteroatoms. The fourth-order valence-corrected chi connectivity index (χ4v) is 2.36. The summed E-state index contributed by atoms with van der Waals surface area (Å²) in [6, 6.07) is 4.22. The first-order valence-electron chi connectivity index (χ1n) is 7.16. The van der Waals surface area contributed by atoms with Gasteiger partial charge in [0.15, 0.2) is 0 Å². The largest absolute Gasteiger partial charge is 0.460 e. The van der Waals surface area contributed by atoms with E-state index in [4.69, 9.17) is 11.6 Å². The molecule has 28 heavy (non-hydrogen) atoms. The van der Waals surface area contributed by atoms with Crippen LogP contribution in [0.15, 0.2) is 24.3 Å². The molecule has 0 aliphatic carbocycles. The molecule has 1 unspecified atom stereocenters. The van der Waals surface area contributed by atoms with Gasteiger partial charge in [-0.15, -0.1) is 0 Å². The van der Waals surface area contributed by atoms with Gasteiger partial charge >= 0.3 is 29.9 Å². The molecule has 0 N–H and O–H groups in total. The summed E-state index contributed by atoms with van der Waals surface area (Å²) in [5, 5.41) is 0.0793. The number of methoxy groups -OCH3 is 1. The zero-order valence-electron chi connectivity index (χ0n) is 14.0. The Kier molecular flexibility index (Phi) is 6.35. The zero-order valence-corrected chi connectivity index (χ0v) is 14.7. The predicted molar refractivity (Wildman–Crippen MR) is 76.3 cm³/mol. The summed E-state index contributed by atoms with van der Waals surface area (Å²) in [7, 11) is 0.727. The van der Waals surface area contributed by atoms with Gasteiger partial charge in [0.25, 0.3) is 0 Å². The van der Waals surface area contributed by atoms with E-state index >= 15 is 0 Å². The van der Waals surface area contributed by atoms with Crippen molar-refractivity contribution in [3.05, 3.63) is 34.9 Å². The fraction of sp³-hybridized carbons (Fsp3) is 0.600. The van der Waals surface area contributed by atoms with Gasteiger partial charge in [0.05, 0.1) is 12.0 Å². The second kappa shape index (κ2) is 7.19. The van der Waals surface area contributed by atoms with Crippen molar-refractivity contribution < 1.29 is 53.0 Å². The number of halogens is 12. The molecule has 0 radical (unpaired) electrons. The second-order valence-electron chi connectivity index (χ2n) is 6.04. The van der Waals surface area contributed by atoms with Crippen molar-refractivity contribution in [1.29, 1.82) is 0 Å². The summed E-state index contributed by atoms with van der Waals surface area (Å²) < 4.78 is 149. The van der Waals surface area contributed by atoms with Crippen LogP contribution in [0.5, 0.6) is 0 Å². The molecule has 1 nitrogen and oxygen atoms in total. The van der Waals surface area contributed by atoms with Crippen molar-refractivity contribution in [3.8, 4) is 0 Å². The van der Waals surface area contributed by atoms with Gasteiger partial charge in [-0.1, -0.05) is 23.7 Å². The molecule has 1 aromatic carbocycles. The van der Waals surface area contributed by atoms with E-state index in [1.807, 2.05) is 0 Å². The first-order chi connectivity index (χ1) is 12.3. The standard InChI is InChI=1S/C15H12ClF11O/c1-10(28-2,8-3-5-9(16)6-4-8)7-11(17,18)12(19,20)13(21,22)14(23,24)15(25,26)27/h3-6H,7H2,1-2H3. The summed E-state index contributed by atoms with van der Waals surface area (Å²) in [5.41, 5.74) is -2.75. The maximum Gasteiger partial charge on any atom is 0.460 e. The highest BCUT2D eigenvalue weighted by atomic mass is 35.5. The van der Waals surface area contributed by atoms with Crippen molar-refractivity contribution in [3.63, 3.8) is 0 Å². The molecule has 0 fully saturated rings. The summed E-state index contributed by atoms with van der Waals surface area (Å²) in [6.45, 7) is 0.736. The minimum absolute atomic E-state index is 0.0793. The molecule has 0 bridgehead atoms. The lowest BCUT2D eigenvalue weighted by Gasteiger charge is -2.40. The molecule has 162 valence electrons. The van der Waals surface area contributed by atoms with Crippen LogP contribution in [0.3, 0.4) is 0 Å². The van der Waals surface area contributed by atoms with E-state index in [1.54, 1.807) is 0 Å². The van der Waals surface area contributed by atoms with Crippen LogP contribution in [-0.2, 0) is 10.3 Å². The van der Waals surface area contributed by atoms with Crippen LogP contribution in [0, 0.1) is 0 Å². The molecule has 0 amide bonds. The second-order valence-corrected chi connectivity index (χ2v) is 6.48. The fourth-order valence-electron chi connectivity index (χ4n) is 2.23. The molecular weight excluding hydrogens is 441 g/mol. The smallest absolute Gasteiger partial charge is 0.374 e. The molecule has 1 aromatic rings. The van der Waals surface area contributed by atoms with Crippen LogP contribution < -0.4 is 0 Å². The van der Waals surface area contributed by atoms with E-state index in [0.717, 1.165) is 38.3 Å². The number of benzene rings is 1. The summed E-state index contributed by atoms with van der Waals surface area (Å²) >= 11 is 5.57. The van der Waals surface area contributed by atoms with Gasteiger partial charge in [0.1, 0.15) is 0 Å². The van der Waals surface area contributed by atoms with E-state index in [9.17, 15) is 48.3 Å². The first kappa shape index (κ1) is 24.7. The van der Waals surface area contributed by atoms with Gasteiger partial charge in [0.2, 0.25) is 0 Å². The molecule has 1 rings (SSSR count). The third-order valence-corrected chi connectivity index (χ3v) is 4.32. The Balaban J connectivity index is 3.40. The maximum atomic E-state index is 14.0. The van der Waals surface area contributed by atoms with E-state index in [-0.39, 0.29) is 10.6 Å². The molecule has 0 aliphatic heterocycles. The number of hydrogen-bond acceptors (Lipinski definition) is 1. The van der Waals surface area contributed by atoms with E-state index in [2.05, 4.69) is 4.74 Å². The lowest BCUT2D eigenvalue weighted by molar-refractivity contribution is -0.424. The third-order valence-electron chi connectivity index (χ3n) is 4.07. The molecule has 0 aliphatic rings. The van der Waals surface area contributed by atoms with Crippen molar-refractivity contribution in [2.24, 2.45) is 0 Å². The van der Waals surface area contributed by atoms with Crippen LogP contribution in [0.4, 0.5) is 48.3 Å². The minimum atomic E-state index is -7.45. The number of ether oxygens (including phenoxy) is 1. The molecular formula is C15H12ClF11O. The van der Waals surface area contributed by atoms with Gasteiger partial charge in [-0.3, -0.25) is 0 Å². The normalized spacial score (nSPS) is 16.8. The maximum absolute atomic E-state index is 14.0. The Labute approximate surface area is 156 Å². The Bertz CT molecular complexity index is 684. The van der Waals surface area contributed by atoms with Crippen LogP contribution in [0.25, 0.3) is 0 Å². The quantitative estimate of drug-likeness (QED) is 0.419. The summed E-state index contributed by atoms with van der Waals surface area (Å²) in [6.07, 6.45) is -9.54. The van der Waals surface area contributed by atoms with Gasteiger partial charge in [0, 0.05) is 12.1 Å². The Morgan fingerprint density at radius 2 is 1.18 bits per heavy atom. The van der Waals surface area contributed by atoms with E-state index in [0.29, 0.717) is 0 Å². The van der Waals surface area contributed by atoms with Crippen molar-refractivity contribution >= 4 is 11.6 Å². The van der Waals surface area contributed by atoms with E-state index in [1.165, 1.54) is 0 Å². The molecule has 1 atom stereocenters. The van der Waals surface area contributed by atoms with E-state index < -0.39 is 41.9 Å². The third kappa shape index (κ3) is 3.89. The van der Waals surface area contributed by atoms with Crippen molar-refractivity contribution in [2.45, 2.75) is 48.8 Å². The molecule has 0 saturated heterocycles. The lowest BCUT2D eigenvalue weighted by atomic mass is 9.85. The molecule has 0 saturated carbocycles. The van der Waals surface area contributed by atoms with Gasteiger partial charge in [-0.2, -0.15) is 48.3 Å². The predicted octanol–water partition coefficient (Wildman–Crippen LogP) is 6.70. The average Bonchev–Trinajstić information content (AvgIpc) is 2.53. The molecule has 0 spiro atoms.